The van der Waals surface area contributed by atoms with Crippen molar-refractivity contribution < 1.29 is 9.90 Å². The van der Waals surface area contributed by atoms with Crippen LogP contribution in [0, 0.1) is 17.3 Å². The first-order chi connectivity index (χ1) is 8.56. The number of rotatable bonds is 4. The van der Waals surface area contributed by atoms with Gasteiger partial charge in [0.25, 0.3) is 0 Å². The predicted molar refractivity (Wildman–Crippen MR) is 71.1 cm³/mol. The summed E-state index contributed by atoms with van der Waals surface area (Å²) in [5.41, 5.74) is -0.246. The van der Waals surface area contributed by atoms with Crippen LogP contribution in [0.2, 0.25) is 0 Å². The van der Waals surface area contributed by atoms with Crippen LogP contribution in [0.1, 0.15) is 39.5 Å². The maximum Gasteiger partial charge on any atom is 0.227 e. The molecule has 4 heteroatoms. The third-order valence-corrected chi connectivity index (χ3v) is 4.89. The summed E-state index contributed by atoms with van der Waals surface area (Å²) in [4.78, 5) is 12.4. The highest BCUT2D eigenvalue weighted by Gasteiger charge is 2.44. The Morgan fingerprint density at radius 1 is 1.50 bits per heavy atom. The lowest BCUT2D eigenvalue weighted by molar-refractivity contribution is -0.132. The lowest BCUT2D eigenvalue weighted by Gasteiger charge is -2.31. The fraction of sp³-hybridized carbons (Fsp3) is 0.929. The van der Waals surface area contributed by atoms with E-state index >= 15 is 0 Å². The van der Waals surface area contributed by atoms with Crippen LogP contribution in [0.5, 0.6) is 0 Å². The average Bonchev–Trinajstić information content (AvgIpc) is 2.95. The number of aliphatic hydroxyl groups excluding tert-OH is 1. The molecule has 1 aliphatic heterocycles. The summed E-state index contributed by atoms with van der Waals surface area (Å²) in [5, 5.41) is 16.2. The molecule has 1 saturated heterocycles. The Kier molecular flexibility index (Phi) is 4.28. The van der Waals surface area contributed by atoms with Gasteiger partial charge in [-0.15, -0.1) is 0 Å². The van der Waals surface area contributed by atoms with E-state index in [1.807, 2.05) is 0 Å². The normalized spacial score (nSPS) is 36.2. The largest absolute Gasteiger partial charge is 0.393 e. The summed E-state index contributed by atoms with van der Waals surface area (Å²) < 4.78 is 0. The third kappa shape index (κ3) is 2.54. The SMILES string of the molecule is CC(C)C1(C(=O)NCC2CCCC2O)CCNC1. The summed E-state index contributed by atoms with van der Waals surface area (Å²) in [6.07, 6.45) is 3.70. The number of amides is 1. The molecule has 3 atom stereocenters. The van der Waals surface area contributed by atoms with Gasteiger partial charge in [-0.1, -0.05) is 20.3 Å². The number of hydrogen-bond acceptors (Lipinski definition) is 3. The Morgan fingerprint density at radius 2 is 2.28 bits per heavy atom. The zero-order valence-electron chi connectivity index (χ0n) is 11.5. The summed E-state index contributed by atoms with van der Waals surface area (Å²) in [5.74, 6) is 0.773. The van der Waals surface area contributed by atoms with E-state index in [2.05, 4.69) is 24.5 Å². The molecule has 18 heavy (non-hydrogen) atoms. The van der Waals surface area contributed by atoms with Gasteiger partial charge in [-0.3, -0.25) is 4.79 Å². The predicted octanol–water partition coefficient (Wildman–Crippen LogP) is 0.899. The van der Waals surface area contributed by atoms with Gasteiger partial charge in [0.15, 0.2) is 0 Å². The van der Waals surface area contributed by atoms with Crippen molar-refractivity contribution in [2.45, 2.75) is 45.6 Å². The highest BCUT2D eigenvalue weighted by Crippen LogP contribution is 2.34. The quantitative estimate of drug-likeness (QED) is 0.698. The maximum absolute atomic E-state index is 12.4. The topological polar surface area (TPSA) is 61.4 Å². The average molecular weight is 254 g/mol. The van der Waals surface area contributed by atoms with Crippen LogP contribution in [0.15, 0.2) is 0 Å². The molecule has 0 radical (unpaired) electrons. The van der Waals surface area contributed by atoms with Crippen LogP contribution in [0.3, 0.4) is 0 Å². The van der Waals surface area contributed by atoms with Crippen LogP contribution in [0.4, 0.5) is 0 Å². The summed E-state index contributed by atoms with van der Waals surface area (Å²) >= 11 is 0. The second-order valence-corrected chi connectivity index (χ2v) is 6.21. The number of carbonyl (C=O) groups is 1. The molecular weight excluding hydrogens is 228 g/mol. The molecular formula is C14H26N2O2. The van der Waals surface area contributed by atoms with Crippen molar-refractivity contribution in [3.63, 3.8) is 0 Å². The van der Waals surface area contributed by atoms with Crippen LogP contribution >= 0.6 is 0 Å². The molecule has 0 spiro atoms. The van der Waals surface area contributed by atoms with Crippen molar-refractivity contribution in [3.8, 4) is 0 Å². The first kappa shape index (κ1) is 13.8. The van der Waals surface area contributed by atoms with E-state index in [9.17, 15) is 9.90 Å². The van der Waals surface area contributed by atoms with Gasteiger partial charge in [-0.2, -0.15) is 0 Å². The number of hydrogen-bond donors (Lipinski definition) is 3. The summed E-state index contributed by atoms with van der Waals surface area (Å²) in [6, 6.07) is 0. The van der Waals surface area contributed by atoms with Gasteiger partial charge in [0, 0.05) is 19.0 Å². The minimum absolute atomic E-state index is 0.168. The molecule has 0 bridgehead atoms. The van der Waals surface area contributed by atoms with Crippen molar-refractivity contribution >= 4 is 5.91 Å². The first-order valence-electron chi connectivity index (χ1n) is 7.23. The smallest absolute Gasteiger partial charge is 0.227 e. The molecule has 2 aliphatic rings. The second kappa shape index (κ2) is 5.57. The monoisotopic (exact) mass is 254 g/mol. The fourth-order valence-electron chi connectivity index (χ4n) is 3.32. The number of carbonyl (C=O) groups excluding carboxylic acids is 1. The van der Waals surface area contributed by atoms with Crippen LogP contribution in [-0.2, 0) is 4.79 Å². The van der Waals surface area contributed by atoms with Gasteiger partial charge >= 0.3 is 0 Å². The van der Waals surface area contributed by atoms with Gasteiger partial charge in [0.2, 0.25) is 5.91 Å². The standard InChI is InChI=1S/C14H26N2O2/c1-10(2)14(6-7-15-9-14)13(18)16-8-11-4-3-5-12(11)17/h10-12,15,17H,3-9H2,1-2H3,(H,16,18). The molecule has 0 aromatic carbocycles. The van der Waals surface area contributed by atoms with Gasteiger partial charge < -0.3 is 15.7 Å². The first-order valence-corrected chi connectivity index (χ1v) is 7.23. The Hall–Kier alpha value is -0.610. The molecule has 0 aromatic heterocycles. The molecule has 2 fully saturated rings. The Morgan fingerprint density at radius 3 is 2.78 bits per heavy atom. The lowest BCUT2D eigenvalue weighted by Crippen LogP contribution is -2.47. The molecule has 104 valence electrons. The van der Waals surface area contributed by atoms with E-state index in [0.717, 1.165) is 38.8 Å². The summed E-state index contributed by atoms with van der Waals surface area (Å²) in [7, 11) is 0. The van der Waals surface area contributed by atoms with E-state index in [-0.39, 0.29) is 23.3 Å². The molecule has 1 aliphatic carbocycles. The lowest BCUT2D eigenvalue weighted by atomic mass is 9.75. The Balaban J connectivity index is 1.90. The Labute approximate surface area is 110 Å². The molecule has 4 nitrogen and oxygen atoms in total. The zero-order valence-corrected chi connectivity index (χ0v) is 11.5. The van der Waals surface area contributed by atoms with Crippen molar-refractivity contribution in [2.24, 2.45) is 17.3 Å². The molecule has 1 saturated carbocycles. The van der Waals surface area contributed by atoms with E-state index in [1.165, 1.54) is 0 Å². The van der Waals surface area contributed by atoms with E-state index < -0.39 is 0 Å². The molecule has 3 N–H and O–H groups in total. The third-order valence-electron chi connectivity index (χ3n) is 4.89. The number of nitrogens with one attached hydrogen (secondary N) is 2. The fourth-order valence-corrected chi connectivity index (χ4v) is 3.32. The van der Waals surface area contributed by atoms with E-state index in [4.69, 9.17) is 0 Å². The van der Waals surface area contributed by atoms with Crippen molar-refractivity contribution in [1.82, 2.24) is 10.6 Å². The minimum atomic E-state index is -0.246. The van der Waals surface area contributed by atoms with Crippen molar-refractivity contribution in [1.29, 1.82) is 0 Å². The van der Waals surface area contributed by atoms with Crippen LogP contribution < -0.4 is 10.6 Å². The summed E-state index contributed by atoms with van der Waals surface area (Å²) in [6.45, 7) is 6.59. The van der Waals surface area contributed by atoms with Crippen molar-refractivity contribution in [2.75, 3.05) is 19.6 Å². The minimum Gasteiger partial charge on any atom is -0.393 e. The molecule has 2 rings (SSSR count). The molecule has 1 heterocycles. The zero-order chi connectivity index (χ0) is 13.2. The van der Waals surface area contributed by atoms with Gasteiger partial charge in [-0.25, -0.2) is 0 Å². The number of aliphatic hydroxyl groups is 1. The van der Waals surface area contributed by atoms with Crippen LogP contribution in [0.25, 0.3) is 0 Å². The van der Waals surface area contributed by atoms with E-state index in [1.54, 1.807) is 0 Å². The molecule has 0 aromatic rings. The Bertz CT molecular complexity index is 298. The van der Waals surface area contributed by atoms with Gasteiger partial charge in [0.05, 0.1) is 11.5 Å². The second-order valence-electron chi connectivity index (χ2n) is 6.21. The van der Waals surface area contributed by atoms with E-state index in [0.29, 0.717) is 12.5 Å². The van der Waals surface area contributed by atoms with Gasteiger partial charge in [-0.05, 0) is 31.7 Å². The highest BCUT2D eigenvalue weighted by atomic mass is 16.3. The van der Waals surface area contributed by atoms with Crippen molar-refractivity contribution in [3.05, 3.63) is 0 Å². The molecule has 3 unspecified atom stereocenters. The van der Waals surface area contributed by atoms with Crippen LogP contribution in [-0.4, -0.2) is 36.8 Å². The highest BCUT2D eigenvalue weighted by molar-refractivity contribution is 5.83. The van der Waals surface area contributed by atoms with Gasteiger partial charge in [0.1, 0.15) is 0 Å². The molecule has 1 amide bonds. The maximum atomic E-state index is 12.4.